The van der Waals surface area contributed by atoms with Crippen LogP contribution in [0.25, 0.3) is 0 Å². The predicted octanol–water partition coefficient (Wildman–Crippen LogP) is 3.87. The number of hydrazone groups is 1. The summed E-state index contributed by atoms with van der Waals surface area (Å²) < 4.78 is 10.4. The van der Waals surface area contributed by atoms with Crippen LogP contribution in [-0.4, -0.2) is 30.9 Å². The number of nitrogens with zero attached hydrogens (tertiary/aromatic N) is 1. The van der Waals surface area contributed by atoms with Gasteiger partial charge in [0.15, 0.2) is 11.5 Å². The van der Waals surface area contributed by atoms with Gasteiger partial charge < -0.3 is 14.6 Å². The number of phenols is 1. The average Bonchev–Trinajstić information content (AvgIpc) is 2.62. The van der Waals surface area contributed by atoms with Gasteiger partial charge in [0, 0.05) is 6.07 Å². The molecule has 0 aliphatic carbocycles. The zero-order valence-electron chi connectivity index (χ0n) is 13.5. The first-order valence-electron chi connectivity index (χ1n) is 7.29. The van der Waals surface area contributed by atoms with E-state index in [1.54, 1.807) is 31.2 Å². The highest BCUT2D eigenvalue weighted by atomic mass is 35.5. The Kier molecular flexibility index (Phi) is 6.50. The fourth-order valence-electron chi connectivity index (χ4n) is 2.04. The number of nitrogens with one attached hydrogen (secondary N) is 1. The summed E-state index contributed by atoms with van der Waals surface area (Å²) >= 11 is 12.1. The molecule has 0 saturated heterocycles. The fraction of sp³-hybridized carbons (Fsp3) is 0.176. The number of hydrogen-bond donors (Lipinski definition) is 2. The second-order valence-electron chi connectivity index (χ2n) is 4.77. The van der Waals surface area contributed by atoms with E-state index in [-0.39, 0.29) is 27.1 Å². The van der Waals surface area contributed by atoms with Gasteiger partial charge in [-0.1, -0.05) is 35.3 Å². The topological polar surface area (TPSA) is 80.2 Å². The minimum absolute atomic E-state index is 0.0953. The van der Waals surface area contributed by atoms with E-state index in [4.69, 9.17) is 32.7 Å². The van der Waals surface area contributed by atoms with Crippen LogP contribution in [0.5, 0.6) is 17.2 Å². The Hall–Kier alpha value is -2.44. The van der Waals surface area contributed by atoms with E-state index < -0.39 is 5.91 Å². The lowest BCUT2D eigenvalue weighted by Gasteiger charge is -2.11. The average molecular weight is 383 g/mol. The van der Waals surface area contributed by atoms with Gasteiger partial charge in [0.25, 0.3) is 5.91 Å². The van der Waals surface area contributed by atoms with Crippen LogP contribution in [0, 0.1) is 0 Å². The fourth-order valence-corrected chi connectivity index (χ4v) is 2.44. The van der Waals surface area contributed by atoms with E-state index in [0.717, 1.165) is 0 Å². The van der Waals surface area contributed by atoms with Gasteiger partial charge >= 0.3 is 0 Å². The Balaban J connectivity index is 2.23. The Morgan fingerprint density at radius 3 is 2.72 bits per heavy atom. The van der Waals surface area contributed by atoms with Gasteiger partial charge in [-0.15, -0.1) is 0 Å². The van der Waals surface area contributed by atoms with Crippen LogP contribution < -0.4 is 14.9 Å². The van der Waals surface area contributed by atoms with Crippen molar-refractivity contribution < 1.29 is 19.4 Å². The summed E-state index contributed by atoms with van der Waals surface area (Å²) in [7, 11) is 1.47. The summed E-state index contributed by atoms with van der Waals surface area (Å²) in [4.78, 5) is 12.2. The number of rotatable bonds is 6. The van der Waals surface area contributed by atoms with Crippen molar-refractivity contribution >= 4 is 35.3 Å². The number of carbonyl (C=O) groups excluding carboxylic acids is 1. The molecule has 0 atom stereocenters. The van der Waals surface area contributed by atoms with Crippen molar-refractivity contribution in [3.63, 3.8) is 0 Å². The molecule has 0 radical (unpaired) electrons. The summed E-state index contributed by atoms with van der Waals surface area (Å²) in [5, 5.41) is 14.3. The molecule has 6 nitrogen and oxygen atoms in total. The minimum Gasteiger partial charge on any atom is -0.504 e. The lowest BCUT2D eigenvalue weighted by atomic mass is 10.2. The molecule has 25 heavy (non-hydrogen) atoms. The standard InChI is InChI=1S/C17H16Cl2N2O4/c1-3-25-14-8-12(18)15(19)11(16(14)22)9-20-21-17(23)10-6-4-5-7-13(10)24-2/h4-9,22H,3H2,1-2H3,(H,21,23)/b20-9+. The minimum atomic E-state index is -0.476. The van der Waals surface area contributed by atoms with Crippen LogP contribution in [-0.2, 0) is 0 Å². The molecular formula is C17H16Cl2N2O4. The number of amides is 1. The van der Waals surface area contributed by atoms with Gasteiger partial charge in [-0.2, -0.15) is 5.10 Å². The van der Waals surface area contributed by atoms with Crippen molar-refractivity contribution in [2.24, 2.45) is 5.10 Å². The highest BCUT2D eigenvalue weighted by Gasteiger charge is 2.16. The molecule has 0 aliphatic heterocycles. The molecule has 2 rings (SSSR count). The number of carbonyl (C=O) groups is 1. The molecule has 0 heterocycles. The van der Waals surface area contributed by atoms with Gasteiger partial charge in [-0.05, 0) is 19.1 Å². The van der Waals surface area contributed by atoms with Crippen molar-refractivity contribution in [2.45, 2.75) is 6.92 Å². The van der Waals surface area contributed by atoms with Crippen LogP contribution in [0.3, 0.4) is 0 Å². The maximum atomic E-state index is 12.2. The number of aromatic hydroxyl groups is 1. The molecule has 0 unspecified atom stereocenters. The van der Waals surface area contributed by atoms with Crippen molar-refractivity contribution in [3.8, 4) is 17.2 Å². The Morgan fingerprint density at radius 2 is 2.04 bits per heavy atom. The quantitative estimate of drug-likeness (QED) is 0.586. The van der Waals surface area contributed by atoms with Gasteiger partial charge in [-0.3, -0.25) is 4.79 Å². The molecule has 0 saturated carbocycles. The van der Waals surface area contributed by atoms with Crippen molar-refractivity contribution in [1.82, 2.24) is 5.43 Å². The summed E-state index contributed by atoms with van der Waals surface area (Å²) in [5.74, 6) is -0.102. The molecule has 2 N–H and O–H groups in total. The molecule has 8 heteroatoms. The number of ether oxygens (including phenoxy) is 2. The Morgan fingerprint density at radius 1 is 1.32 bits per heavy atom. The number of methoxy groups -OCH3 is 1. The van der Waals surface area contributed by atoms with Crippen LogP contribution in [0.15, 0.2) is 35.4 Å². The molecule has 2 aromatic rings. The number of para-hydroxylation sites is 1. The largest absolute Gasteiger partial charge is 0.504 e. The second kappa shape index (κ2) is 8.60. The van der Waals surface area contributed by atoms with Crippen molar-refractivity contribution in [2.75, 3.05) is 13.7 Å². The Bertz CT molecular complexity index is 809. The molecule has 0 aliphatic rings. The van der Waals surface area contributed by atoms with Crippen LogP contribution in [0.1, 0.15) is 22.8 Å². The van der Waals surface area contributed by atoms with E-state index in [1.807, 2.05) is 0 Å². The van der Waals surface area contributed by atoms with Gasteiger partial charge in [0.1, 0.15) is 5.75 Å². The maximum absolute atomic E-state index is 12.2. The van der Waals surface area contributed by atoms with E-state index in [1.165, 1.54) is 19.4 Å². The monoisotopic (exact) mass is 382 g/mol. The Labute approximate surface area is 155 Å². The van der Waals surface area contributed by atoms with Gasteiger partial charge in [0.05, 0.1) is 41.1 Å². The first-order valence-corrected chi connectivity index (χ1v) is 8.05. The molecule has 1 amide bonds. The van der Waals surface area contributed by atoms with Crippen LogP contribution in [0.2, 0.25) is 10.0 Å². The summed E-state index contributed by atoms with van der Waals surface area (Å²) in [6, 6.07) is 8.12. The summed E-state index contributed by atoms with van der Waals surface area (Å²) in [5.41, 5.74) is 2.80. The molecule has 0 fully saturated rings. The highest BCUT2D eigenvalue weighted by molar-refractivity contribution is 6.43. The van der Waals surface area contributed by atoms with Crippen molar-refractivity contribution in [1.29, 1.82) is 0 Å². The number of phenolic OH excluding ortho intramolecular Hbond substituents is 1. The first kappa shape index (κ1) is 18.9. The number of hydrogen-bond acceptors (Lipinski definition) is 5. The van der Waals surface area contributed by atoms with Crippen LogP contribution >= 0.6 is 23.2 Å². The lowest BCUT2D eigenvalue weighted by Crippen LogP contribution is -2.18. The third-order valence-electron chi connectivity index (χ3n) is 3.20. The smallest absolute Gasteiger partial charge is 0.275 e. The second-order valence-corrected chi connectivity index (χ2v) is 5.55. The summed E-state index contributed by atoms with van der Waals surface area (Å²) in [6.07, 6.45) is 1.19. The van der Waals surface area contributed by atoms with Crippen LogP contribution in [0.4, 0.5) is 0 Å². The maximum Gasteiger partial charge on any atom is 0.275 e. The predicted molar refractivity (Wildman–Crippen MR) is 97.4 cm³/mol. The number of benzene rings is 2. The van der Waals surface area contributed by atoms with E-state index >= 15 is 0 Å². The normalized spacial score (nSPS) is 10.7. The van der Waals surface area contributed by atoms with E-state index in [9.17, 15) is 9.90 Å². The zero-order chi connectivity index (χ0) is 18.4. The van der Waals surface area contributed by atoms with Gasteiger partial charge in [-0.25, -0.2) is 5.43 Å². The molecule has 0 spiro atoms. The first-order chi connectivity index (χ1) is 12.0. The lowest BCUT2D eigenvalue weighted by molar-refractivity contribution is 0.0952. The van der Waals surface area contributed by atoms with E-state index in [2.05, 4.69) is 10.5 Å². The molecule has 2 aromatic carbocycles. The number of halogens is 2. The third-order valence-corrected chi connectivity index (χ3v) is 4.01. The molecular weight excluding hydrogens is 367 g/mol. The van der Waals surface area contributed by atoms with Crippen molar-refractivity contribution in [3.05, 3.63) is 51.5 Å². The highest BCUT2D eigenvalue weighted by Crippen LogP contribution is 2.39. The molecule has 0 aromatic heterocycles. The SMILES string of the molecule is CCOc1cc(Cl)c(Cl)c(/C=N/NC(=O)c2ccccc2OC)c1O. The summed E-state index contributed by atoms with van der Waals surface area (Å²) in [6.45, 7) is 2.11. The zero-order valence-corrected chi connectivity index (χ0v) is 15.1. The van der Waals surface area contributed by atoms with Gasteiger partial charge in [0.2, 0.25) is 0 Å². The third kappa shape index (κ3) is 4.35. The molecule has 0 bridgehead atoms. The van der Waals surface area contributed by atoms with E-state index in [0.29, 0.717) is 17.9 Å². The molecule has 132 valence electrons.